The monoisotopic (exact) mass is 214 g/mol. The first-order valence-corrected chi connectivity index (χ1v) is 5.04. The second kappa shape index (κ2) is 7.04. The number of aliphatic carboxylic acids is 1. The Balaban J connectivity index is 4.01. The topological polar surface area (TPSA) is 63.6 Å². The fraction of sp³-hybridized carbons (Fsp3) is 0.636. The van der Waals surface area contributed by atoms with E-state index < -0.39 is 17.9 Å². The number of carboxylic acid groups (broad SMARTS) is 1. The van der Waals surface area contributed by atoms with Crippen LogP contribution in [-0.4, -0.2) is 23.7 Å². The number of carbonyl (C=O) groups excluding carboxylic acids is 1. The minimum absolute atomic E-state index is 0.0684. The molecule has 0 aromatic rings. The van der Waals surface area contributed by atoms with Gasteiger partial charge in [0.15, 0.2) is 0 Å². The number of unbranched alkanes of at least 4 members (excludes halogenated alkanes) is 1. The Morgan fingerprint density at radius 3 is 2.47 bits per heavy atom. The minimum Gasteiger partial charge on any atom is -0.481 e. The average Bonchev–Trinajstić information content (AvgIpc) is 2.16. The lowest BCUT2D eigenvalue weighted by Gasteiger charge is -2.12. The maximum atomic E-state index is 11.0. The Labute approximate surface area is 89.9 Å². The smallest absolute Gasteiger partial charge is 0.333 e. The molecule has 0 aliphatic carbocycles. The predicted octanol–water partition coefficient (Wildman–Crippen LogP) is 2.00. The van der Waals surface area contributed by atoms with Crippen LogP contribution in [0, 0.1) is 5.92 Å². The first-order valence-electron chi connectivity index (χ1n) is 5.04. The van der Waals surface area contributed by atoms with Crippen molar-refractivity contribution < 1.29 is 19.4 Å². The number of hydrogen-bond acceptors (Lipinski definition) is 3. The quantitative estimate of drug-likeness (QED) is 0.520. The molecule has 0 aromatic heterocycles. The van der Waals surface area contributed by atoms with Crippen molar-refractivity contribution in [2.75, 3.05) is 6.61 Å². The summed E-state index contributed by atoms with van der Waals surface area (Å²) in [6.07, 6.45) is 2.29. The van der Waals surface area contributed by atoms with Crippen LogP contribution < -0.4 is 0 Å². The SMILES string of the molecule is C=C(C)C(=O)OCC(CCCC)C(=O)O. The number of carbonyl (C=O) groups is 2. The molecule has 0 bridgehead atoms. The molecule has 0 saturated heterocycles. The van der Waals surface area contributed by atoms with Gasteiger partial charge in [0.05, 0.1) is 5.92 Å². The molecule has 0 aliphatic rings. The number of hydrogen-bond donors (Lipinski definition) is 1. The fourth-order valence-corrected chi connectivity index (χ4v) is 1.03. The summed E-state index contributed by atoms with van der Waals surface area (Å²) < 4.78 is 4.80. The van der Waals surface area contributed by atoms with Crippen molar-refractivity contribution >= 4 is 11.9 Å². The number of ether oxygens (including phenoxy) is 1. The van der Waals surface area contributed by atoms with E-state index >= 15 is 0 Å². The third-order valence-electron chi connectivity index (χ3n) is 2.02. The zero-order valence-corrected chi connectivity index (χ0v) is 9.28. The Morgan fingerprint density at radius 2 is 2.07 bits per heavy atom. The molecule has 0 aromatic carbocycles. The molecule has 0 rings (SSSR count). The van der Waals surface area contributed by atoms with Gasteiger partial charge in [-0.25, -0.2) is 4.79 Å². The largest absolute Gasteiger partial charge is 0.481 e. The Morgan fingerprint density at radius 1 is 1.47 bits per heavy atom. The predicted molar refractivity (Wildman–Crippen MR) is 56.4 cm³/mol. The van der Waals surface area contributed by atoms with Gasteiger partial charge < -0.3 is 9.84 Å². The molecule has 0 saturated carbocycles. The van der Waals surface area contributed by atoms with E-state index in [-0.39, 0.29) is 12.2 Å². The molecule has 4 nitrogen and oxygen atoms in total. The minimum atomic E-state index is -0.919. The van der Waals surface area contributed by atoms with Crippen molar-refractivity contribution in [2.24, 2.45) is 5.92 Å². The van der Waals surface area contributed by atoms with E-state index in [1.807, 2.05) is 6.92 Å². The highest BCUT2D eigenvalue weighted by Gasteiger charge is 2.18. The summed E-state index contributed by atoms with van der Waals surface area (Å²) in [4.78, 5) is 21.8. The zero-order valence-electron chi connectivity index (χ0n) is 9.28. The Kier molecular flexibility index (Phi) is 6.42. The Hall–Kier alpha value is -1.32. The highest BCUT2D eigenvalue weighted by molar-refractivity contribution is 5.87. The molecule has 1 atom stereocenters. The van der Waals surface area contributed by atoms with E-state index in [9.17, 15) is 9.59 Å². The number of esters is 1. The molecule has 0 radical (unpaired) electrons. The van der Waals surface area contributed by atoms with Gasteiger partial charge in [0.25, 0.3) is 0 Å². The van der Waals surface area contributed by atoms with Crippen LogP contribution in [0.2, 0.25) is 0 Å². The van der Waals surface area contributed by atoms with Crippen molar-refractivity contribution in [3.63, 3.8) is 0 Å². The lowest BCUT2D eigenvalue weighted by Crippen LogP contribution is -2.22. The summed E-state index contributed by atoms with van der Waals surface area (Å²) >= 11 is 0. The van der Waals surface area contributed by atoms with Crippen LogP contribution in [0.15, 0.2) is 12.2 Å². The van der Waals surface area contributed by atoms with Gasteiger partial charge in [-0.3, -0.25) is 4.79 Å². The molecule has 0 fully saturated rings. The highest BCUT2D eigenvalue weighted by Crippen LogP contribution is 2.10. The zero-order chi connectivity index (χ0) is 11.8. The summed E-state index contributed by atoms with van der Waals surface area (Å²) in [6.45, 7) is 6.87. The average molecular weight is 214 g/mol. The van der Waals surface area contributed by atoms with Gasteiger partial charge in [-0.05, 0) is 13.3 Å². The van der Waals surface area contributed by atoms with Gasteiger partial charge in [0.2, 0.25) is 0 Å². The van der Waals surface area contributed by atoms with Gasteiger partial charge >= 0.3 is 11.9 Å². The second-order valence-corrected chi connectivity index (χ2v) is 3.56. The summed E-state index contributed by atoms with van der Waals surface area (Å²) in [5.41, 5.74) is 0.287. The molecular weight excluding hydrogens is 196 g/mol. The van der Waals surface area contributed by atoms with Crippen LogP contribution in [0.1, 0.15) is 33.1 Å². The highest BCUT2D eigenvalue weighted by atomic mass is 16.5. The van der Waals surface area contributed by atoms with Gasteiger partial charge in [-0.2, -0.15) is 0 Å². The van der Waals surface area contributed by atoms with Crippen LogP contribution in [0.25, 0.3) is 0 Å². The summed E-state index contributed by atoms with van der Waals surface area (Å²) in [5.74, 6) is -2.05. The summed E-state index contributed by atoms with van der Waals surface area (Å²) in [7, 11) is 0. The van der Waals surface area contributed by atoms with Crippen molar-refractivity contribution in [1.82, 2.24) is 0 Å². The molecule has 15 heavy (non-hydrogen) atoms. The maximum Gasteiger partial charge on any atom is 0.333 e. The van der Waals surface area contributed by atoms with Crippen LogP contribution in [0.4, 0.5) is 0 Å². The molecule has 0 amide bonds. The molecule has 0 spiro atoms. The first kappa shape index (κ1) is 13.7. The van der Waals surface area contributed by atoms with E-state index in [0.717, 1.165) is 12.8 Å². The molecule has 1 unspecified atom stereocenters. The normalized spacial score (nSPS) is 11.9. The van der Waals surface area contributed by atoms with E-state index in [4.69, 9.17) is 9.84 Å². The Bertz CT molecular complexity index is 245. The van der Waals surface area contributed by atoms with E-state index in [2.05, 4.69) is 6.58 Å². The van der Waals surface area contributed by atoms with E-state index in [1.54, 1.807) is 0 Å². The van der Waals surface area contributed by atoms with Gasteiger partial charge in [-0.15, -0.1) is 0 Å². The summed E-state index contributed by atoms with van der Waals surface area (Å²) in [5, 5.41) is 8.84. The molecule has 1 N–H and O–H groups in total. The van der Waals surface area contributed by atoms with Crippen molar-refractivity contribution in [1.29, 1.82) is 0 Å². The molecule has 0 heterocycles. The van der Waals surface area contributed by atoms with Crippen LogP contribution in [-0.2, 0) is 14.3 Å². The van der Waals surface area contributed by atoms with Gasteiger partial charge in [-0.1, -0.05) is 26.3 Å². The second-order valence-electron chi connectivity index (χ2n) is 3.56. The summed E-state index contributed by atoms with van der Waals surface area (Å²) in [6, 6.07) is 0. The van der Waals surface area contributed by atoms with Crippen LogP contribution >= 0.6 is 0 Å². The van der Waals surface area contributed by atoms with Crippen LogP contribution in [0.5, 0.6) is 0 Å². The van der Waals surface area contributed by atoms with Crippen molar-refractivity contribution in [3.8, 4) is 0 Å². The molecule has 4 heteroatoms. The third-order valence-corrected chi connectivity index (χ3v) is 2.02. The van der Waals surface area contributed by atoms with E-state index in [0.29, 0.717) is 6.42 Å². The number of carboxylic acids is 1. The fourth-order valence-electron chi connectivity index (χ4n) is 1.03. The van der Waals surface area contributed by atoms with Gasteiger partial charge in [0, 0.05) is 5.57 Å². The van der Waals surface area contributed by atoms with Crippen LogP contribution in [0.3, 0.4) is 0 Å². The first-order chi connectivity index (χ1) is 6.99. The lowest BCUT2D eigenvalue weighted by molar-refractivity contribution is -0.148. The molecular formula is C11H18O4. The van der Waals surface area contributed by atoms with Crippen molar-refractivity contribution in [3.05, 3.63) is 12.2 Å². The van der Waals surface area contributed by atoms with E-state index in [1.165, 1.54) is 6.92 Å². The third kappa shape index (κ3) is 5.88. The lowest BCUT2D eigenvalue weighted by atomic mass is 10.0. The standard InChI is InChI=1S/C11H18O4/c1-4-5-6-9(10(12)13)7-15-11(14)8(2)3/h9H,2,4-7H2,1,3H3,(H,12,13). The van der Waals surface area contributed by atoms with Gasteiger partial charge in [0.1, 0.15) is 6.61 Å². The number of rotatable bonds is 7. The molecule has 86 valence electrons. The maximum absolute atomic E-state index is 11.0. The van der Waals surface area contributed by atoms with Crippen molar-refractivity contribution in [2.45, 2.75) is 33.1 Å². The molecule has 0 aliphatic heterocycles.